The van der Waals surface area contributed by atoms with Gasteiger partial charge in [-0.2, -0.15) is 0 Å². The van der Waals surface area contributed by atoms with Crippen molar-refractivity contribution in [3.8, 4) is 0 Å². The number of hydrogen-bond donors (Lipinski definition) is 0. The molecule has 90 valence electrons. The Balaban J connectivity index is 2.05. The van der Waals surface area contributed by atoms with E-state index in [0.717, 1.165) is 5.56 Å². The standard InChI is InChI=1S/C13H11N3O2/c1-10(11-4-7-14-8-5-11)16-18-13(17)12-3-2-6-15-9-12/h2-9H,1H3/b16-10+. The van der Waals surface area contributed by atoms with Gasteiger partial charge >= 0.3 is 5.97 Å². The second-order valence-electron chi connectivity index (χ2n) is 3.53. The largest absolute Gasteiger partial charge is 0.367 e. The van der Waals surface area contributed by atoms with Gasteiger partial charge in [0.2, 0.25) is 0 Å². The Morgan fingerprint density at radius 3 is 2.56 bits per heavy atom. The zero-order chi connectivity index (χ0) is 12.8. The second kappa shape index (κ2) is 5.67. The molecule has 2 rings (SSSR count). The van der Waals surface area contributed by atoms with Gasteiger partial charge in [-0.1, -0.05) is 5.16 Å². The third-order valence-corrected chi connectivity index (χ3v) is 2.26. The Labute approximate surface area is 104 Å². The van der Waals surface area contributed by atoms with Crippen molar-refractivity contribution >= 4 is 11.7 Å². The summed E-state index contributed by atoms with van der Waals surface area (Å²) in [6.45, 7) is 1.76. The van der Waals surface area contributed by atoms with Gasteiger partial charge in [0.15, 0.2) is 0 Å². The summed E-state index contributed by atoms with van der Waals surface area (Å²) < 4.78 is 0. The highest BCUT2D eigenvalue weighted by molar-refractivity contribution is 5.99. The van der Waals surface area contributed by atoms with E-state index in [4.69, 9.17) is 4.84 Å². The number of aromatic nitrogens is 2. The quantitative estimate of drug-likeness (QED) is 0.468. The van der Waals surface area contributed by atoms with E-state index in [9.17, 15) is 4.79 Å². The van der Waals surface area contributed by atoms with Crippen LogP contribution in [-0.4, -0.2) is 21.6 Å². The average molecular weight is 241 g/mol. The Kier molecular flexibility index (Phi) is 3.76. The number of rotatable bonds is 3. The Morgan fingerprint density at radius 1 is 1.11 bits per heavy atom. The van der Waals surface area contributed by atoms with Gasteiger partial charge in [0.05, 0.1) is 11.3 Å². The Morgan fingerprint density at radius 2 is 1.89 bits per heavy atom. The molecule has 0 aliphatic heterocycles. The van der Waals surface area contributed by atoms with Gasteiger partial charge in [-0.3, -0.25) is 9.97 Å². The first-order valence-electron chi connectivity index (χ1n) is 5.34. The fourth-order valence-electron chi connectivity index (χ4n) is 1.29. The van der Waals surface area contributed by atoms with Crippen molar-refractivity contribution in [1.29, 1.82) is 0 Å². The molecule has 0 unspecified atom stereocenters. The van der Waals surface area contributed by atoms with E-state index in [2.05, 4.69) is 15.1 Å². The molecule has 2 heterocycles. The van der Waals surface area contributed by atoms with Crippen LogP contribution in [0.15, 0.2) is 54.2 Å². The summed E-state index contributed by atoms with van der Waals surface area (Å²) in [5.74, 6) is -0.531. The molecule has 5 heteroatoms. The van der Waals surface area contributed by atoms with Crippen molar-refractivity contribution in [3.63, 3.8) is 0 Å². The Bertz CT molecular complexity index is 553. The summed E-state index contributed by atoms with van der Waals surface area (Å²) in [5.41, 5.74) is 1.82. The maximum Gasteiger partial charge on any atom is 0.367 e. The summed E-state index contributed by atoms with van der Waals surface area (Å²) in [4.78, 5) is 24.2. The van der Waals surface area contributed by atoms with E-state index in [1.54, 1.807) is 49.8 Å². The van der Waals surface area contributed by atoms with Gasteiger partial charge in [-0.15, -0.1) is 0 Å². The molecule has 0 amide bonds. The summed E-state index contributed by atoms with van der Waals surface area (Å²) >= 11 is 0. The first-order chi connectivity index (χ1) is 8.77. The lowest BCUT2D eigenvalue weighted by molar-refractivity contribution is 0.0516. The van der Waals surface area contributed by atoms with Crippen LogP contribution in [0.3, 0.4) is 0 Å². The molecule has 0 aliphatic rings. The topological polar surface area (TPSA) is 64.4 Å². The fraction of sp³-hybridized carbons (Fsp3) is 0.0769. The van der Waals surface area contributed by atoms with Crippen molar-refractivity contribution in [2.24, 2.45) is 5.16 Å². The molecule has 0 aliphatic carbocycles. The van der Waals surface area contributed by atoms with E-state index < -0.39 is 5.97 Å². The maximum atomic E-state index is 11.6. The van der Waals surface area contributed by atoms with Crippen LogP contribution >= 0.6 is 0 Å². The number of oxime groups is 1. The zero-order valence-corrected chi connectivity index (χ0v) is 9.78. The van der Waals surface area contributed by atoms with E-state index in [1.807, 2.05) is 0 Å². The van der Waals surface area contributed by atoms with E-state index in [0.29, 0.717) is 11.3 Å². The number of carbonyl (C=O) groups is 1. The van der Waals surface area contributed by atoms with E-state index in [1.165, 1.54) is 6.20 Å². The first kappa shape index (κ1) is 11.9. The van der Waals surface area contributed by atoms with Crippen molar-refractivity contribution in [2.75, 3.05) is 0 Å². The molecule has 2 aromatic heterocycles. The van der Waals surface area contributed by atoms with Gasteiger partial charge in [0, 0.05) is 30.4 Å². The molecule has 18 heavy (non-hydrogen) atoms. The van der Waals surface area contributed by atoms with Crippen molar-refractivity contribution in [3.05, 3.63) is 60.2 Å². The molecule has 0 bridgehead atoms. The number of pyridine rings is 2. The van der Waals surface area contributed by atoms with Gasteiger partial charge in [-0.25, -0.2) is 4.79 Å². The normalized spacial score (nSPS) is 11.1. The summed E-state index contributed by atoms with van der Waals surface area (Å²) in [6.07, 6.45) is 6.32. The molecule has 0 fully saturated rings. The summed E-state index contributed by atoms with van der Waals surface area (Å²) in [5, 5.41) is 3.78. The second-order valence-corrected chi connectivity index (χ2v) is 3.53. The molecule has 0 radical (unpaired) electrons. The van der Waals surface area contributed by atoms with Gasteiger partial charge < -0.3 is 4.84 Å². The lowest BCUT2D eigenvalue weighted by atomic mass is 10.2. The SMILES string of the molecule is C/C(=N\OC(=O)c1cccnc1)c1ccncc1. The van der Waals surface area contributed by atoms with Crippen LogP contribution < -0.4 is 0 Å². The minimum atomic E-state index is -0.531. The van der Waals surface area contributed by atoms with Crippen LogP contribution in [0.25, 0.3) is 0 Å². The fourth-order valence-corrected chi connectivity index (χ4v) is 1.29. The minimum absolute atomic E-state index is 0.365. The van der Waals surface area contributed by atoms with Crippen molar-refractivity contribution in [1.82, 2.24) is 9.97 Å². The van der Waals surface area contributed by atoms with Gasteiger partial charge in [-0.05, 0) is 31.2 Å². The number of carbonyl (C=O) groups excluding carboxylic acids is 1. The molecule has 0 atom stereocenters. The van der Waals surface area contributed by atoms with Gasteiger partial charge in [0.1, 0.15) is 0 Å². The highest BCUT2D eigenvalue weighted by Gasteiger charge is 2.06. The van der Waals surface area contributed by atoms with Crippen molar-refractivity contribution < 1.29 is 9.63 Å². The molecule has 0 N–H and O–H groups in total. The molecular weight excluding hydrogens is 230 g/mol. The van der Waals surface area contributed by atoms with E-state index in [-0.39, 0.29) is 0 Å². The average Bonchev–Trinajstić information content (AvgIpc) is 2.46. The summed E-state index contributed by atoms with van der Waals surface area (Å²) in [7, 11) is 0. The number of nitrogens with zero attached hydrogens (tertiary/aromatic N) is 3. The molecular formula is C13H11N3O2. The monoisotopic (exact) mass is 241 g/mol. The lowest BCUT2D eigenvalue weighted by Gasteiger charge is -2.00. The molecule has 5 nitrogen and oxygen atoms in total. The van der Waals surface area contributed by atoms with Gasteiger partial charge in [0.25, 0.3) is 0 Å². The van der Waals surface area contributed by atoms with Crippen LogP contribution in [0.2, 0.25) is 0 Å². The molecule has 0 saturated heterocycles. The molecule has 0 spiro atoms. The maximum absolute atomic E-state index is 11.6. The minimum Gasteiger partial charge on any atom is -0.312 e. The predicted octanol–water partition coefficient (Wildman–Crippen LogP) is 2.06. The zero-order valence-electron chi connectivity index (χ0n) is 9.78. The molecule has 0 saturated carbocycles. The Hall–Kier alpha value is -2.56. The highest BCUT2D eigenvalue weighted by Crippen LogP contribution is 2.02. The predicted molar refractivity (Wildman–Crippen MR) is 66.1 cm³/mol. The first-order valence-corrected chi connectivity index (χ1v) is 5.34. The smallest absolute Gasteiger partial charge is 0.312 e. The van der Waals surface area contributed by atoms with Crippen LogP contribution in [0.1, 0.15) is 22.8 Å². The summed E-state index contributed by atoms with van der Waals surface area (Å²) in [6, 6.07) is 6.86. The lowest BCUT2D eigenvalue weighted by Crippen LogP contribution is -2.04. The van der Waals surface area contributed by atoms with Crippen molar-refractivity contribution in [2.45, 2.75) is 6.92 Å². The third kappa shape index (κ3) is 2.98. The van der Waals surface area contributed by atoms with Crippen LogP contribution in [0.4, 0.5) is 0 Å². The van der Waals surface area contributed by atoms with Crippen LogP contribution in [-0.2, 0) is 4.84 Å². The third-order valence-electron chi connectivity index (χ3n) is 2.26. The van der Waals surface area contributed by atoms with E-state index >= 15 is 0 Å². The van der Waals surface area contributed by atoms with Crippen LogP contribution in [0, 0.1) is 0 Å². The highest BCUT2D eigenvalue weighted by atomic mass is 16.7. The van der Waals surface area contributed by atoms with Crippen LogP contribution in [0.5, 0.6) is 0 Å². The molecule has 0 aromatic carbocycles. The number of hydrogen-bond acceptors (Lipinski definition) is 5. The molecule has 2 aromatic rings.